The second-order valence-electron chi connectivity index (χ2n) is 4.10. The smallest absolute Gasteiger partial charge is 0.207 e. The van der Waals surface area contributed by atoms with Gasteiger partial charge < -0.3 is 10.6 Å². The highest BCUT2D eigenvalue weighted by Crippen LogP contribution is 2.20. The van der Waals surface area contributed by atoms with Crippen LogP contribution in [0.5, 0.6) is 0 Å². The Bertz CT molecular complexity index is 542. The summed E-state index contributed by atoms with van der Waals surface area (Å²) in [4.78, 5) is 18.6. The van der Waals surface area contributed by atoms with E-state index in [1.165, 1.54) is 5.56 Å². The molecule has 0 aliphatic rings. The number of hydrogen-bond acceptors (Lipinski definition) is 4. The van der Waals surface area contributed by atoms with Crippen LogP contribution >= 0.6 is 0 Å². The Morgan fingerprint density at radius 2 is 2.17 bits per heavy atom. The number of carbonyl (C=O) groups is 1. The average Bonchev–Trinajstić information content (AvgIpc) is 2.39. The SMILES string of the molecule is Cc1ccc2ncnc(NCCCNC=O)c2c1. The van der Waals surface area contributed by atoms with E-state index in [1.807, 2.05) is 19.1 Å². The summed E-state index contributed by atoms with van der Waals surface area (Å²) in [5, 5.41) is 6.92. The number of fused-ring (bicyclic) bond motifs is 1. The zero-order chi connectivity index (χ0) is 12.8. The lowest BCUT2D eigenvalue weighted by Gasteiger charge is -2.08. The molecule has 1 aromatic heterocycles. The zero-order valence-electron chi connectivity index (χ0n) is 10.3. The number of benzene rings is 1. The third-order valence-corrected chi connectivity index (χ3v) is 2.66. The van der Waals surface area contributed by atoms with Crippen molar-refractivity contribution in [2.45, 2.75) is 13.3 Å². The fraction of sp³-hybridized carbons (Fsp3) is 0.308. The van der Waals surface area contributed by atoms with Gasteiger partial charge in [0.2, 0.25) is 6.41 Å². The van der Waals surface area contributed by atoms with Gasteiger partial charge in [-0.1, -0.05) is 11.6 Å². The van der Waals surface area contributed by atoms with E-state index >= 15 is 0 Å². The van der Waals surface area contributed by atoms with Gasteiger partial charge in [-0.2, -0.15) is 0 Å². The first-order valence-corrected chi connectivity index (χ1v) is 5.93. The summed E-state index contributed by atoms with van der Waals surface area (Å²) in [7, 11) is 0. The van der Waals surface area contributed by atoms with Crippen molar-refractivity contribution < 1.29 is 4.79 Å². The van der Waals surface area contributed by atoms with Gasteiger partial charge in [-0.25, -0.2) is 9.97 Å². The first kappa shape index (κ1) is 12.3. The molecule has 0 unspecified atom stereocenters. The minimum absolute atomic E-state index is 0.665. The molecule has 94 valence electrons. The van der Waals surface area contributed by atoms with Crippen LogP contribution in [0, 0.1) is 6.92 Å². The Labute approximate surface area is 106 Å². The van der Waals surface area contributed by atoms with E-state index in [-0.39, 0.29) is 0 Å². The summed E-state index contributed by atoms with van der Waals surface area (Å²) in [5.41, 5.74) is 2.12. The van der Waals surface area contributed by atoms with Gasteiger partial charge in [-0.15, -0.1) is 0 Å². The molecule has 1 amide bonds. The molecule has 2 aromatic rings. The summed E-state index contributed by atoms with van der Waals surface area (Å²) in [6.45, 7) is 3.48. The summed E-state index contributed by atoms with van der Waals surface area (Å²) < 4.78 is 0. The number of aromatic nitrogens is 2. The van der Waals surface area contributed by atoms with E-state index < -0.39 is 0 Å². The quantitative estimate of drug-likeness (QED) is 0.596. The number of amides is 1. The molecule has 2 N–H and O–H groups in total. The molecule has 0 fully saturated rings. The molecule has 2 rings (SSSR count). The number of aryl methyl sites for hydroxylation is 1. The summed E-state index contributed by atoms with van der Waals surface area (Å²) in [6.07, 6.45) is 3.13. The fourth-order valence-electron chi connectivity index (χ4n) is 1.77. The van der Waals surface area contributed by atoms with Gasteiger partial charge in [0.25, 0.3) is 0 Å². The predicted molar refractivity (Wildman–Crippen MR) is 71.4 cm³/mol. The van der Waals surface area contributed by atoms with Crippen LogP contribution in [-0.4, -0.2) is 29.5 Å². The molecule has 0 spiro atoms. The fourth-order valence-corrected chi connectivity index (χ4v) is 1.77. The van der Waals surface area contributed by atoms with E-state index in [0.717, 1.165) is 29.7 Å². The van der Waals surface area contributed by atoms with Crippen LogP contribution in [0.1, 0.15) is 12.0 Å². The summed E-state index contributed by atoms with van der Waals surface area (Å²) in [6, 6.07) is 6.10. The molecule has 0 saturated heterocycles. The molecule has 1 aromatic carbocycles. The molecular weight excluding hydrogens is 228 g/mol. The number of anilines is 1. The highest BCUT2D eigenvalue weighted by atomic mass is 16.1. The van der Waals surface area contributed by atoms with Crippen LogP contribution in [0.2, 0.25) is 0 Å². The topological polar surface area (TPSA) is 66.9 Å². The predicted octanol–water partition coefficient (Wildman–Crippen LogP) is 1.49. The van der Waals surface area contributed by atoms with E-state index in [2.05, 4.69) is 26.7 Å². The summed E-state index contributed by atoms with van der Waals surface area (Å²) >= 11 is 0. The van der Waals surface area contributed by atoms with E-state index in [4.69, 9.17) is 0 Å². The van der Waals surface area contributed by atoms with E-state index in [1.54, 1.807) is 6.33 Å². The number of carbonyl (C=O) groups excluding carboxylic acids is 1. The molecule has 5 heteroatoms. The molecule has 5 nitrogen and oxygen atoms in total. The molecule has 0 atom stereocenters. The standard InChI is InChI=1S/C13H16N4O/c1-10-3-4-12-11(7-10)13(17-8-16-12)15-6-2-5-14-9-18/h3-4,7-9H,2,5-6H2,1H3,(H,14,18)(H,15,16,17). The maximum absolute atomic E-state index is 10.1. The molecule has 0 aliphatic carbocycles. The second kappa shape index (κ2) is 5.95. The van der Waals surface area contributed by atoms with Gasteiger partial charge in [0.1, 0.15) is 12.1 Å². The number of hydrogen-bond donors (Lipinski definition) is 2. The lowest BCUT2D eigenvalue weighted by Crippen LogP contribution is -2.16. The minimum Gasteiger partial charge on any atom is -0.369 e. The van der Waals surface area contributed by atoms with Crippen molar-refractivity contribution in [1.82, 2.24) is 15.3 Å². The van der Waals surface area contributed by atoms with Crippen molar-refractivity contribution in [2.75, 3.05) is 18.4 Å². The third kappa shape index (κ3) is 2.94. The molecule has 0 bridgehead atoms. The molecule has 0 saturated carbocycles. The van der Waals surface area contributed by atoms with Gasteiger partial charge in [0, 0.05) is 18.5 Å². The summed E-state index contributed by atoms with van der Waals surface area (Å²) in [5.74, 6) is 0.842. The van der Waals surface area contributed by atoms with Gasteiger partial charge in [-0.05, 0) is 25.5 Å². The van der Waals surface area contributed by atoms with Crippen molar-refractivity contribution in [2.24, 2.45) is 0 Å². The van der Waals surface area contributed by atoms with Crippen LogP contribution in [0.15, 0.2) is 24.5 Å². The van der Waals surface area contributed by atoms with E-state index in [9.17, 15) is 4.79 Å². The molecule has 0 radical (unpaired) electrons. The second-order valence-corrected chi connectivity index (χ2v) is 4.10. The van der Waals surface area contributed by atoms with Gasteiger partial charge >= 0.3 is 0 Å². The lowest BCUT2D eigenvalue weighted by molar-refractivity contribution is -0.109. The Balaban J connectivity index is 2.08. The van der Waals surface area contributed by atoms with Gasteiger partial charge in [0.15, 0.2) is 0 Å². The molecule has 0 aliphatic heterocycles. The Hall–Kier alpha value is -2.17. The number of nitrogens with zero attached hydrogens (tertiary/aromatic N) is 2. The highest BCUT2D eigenvalue weighted by molar-refractivity contribution is 5.89. The van der Waals surface area contributed by atoms with Crippen molar-refractivity contribution >= 4 is 23.1 Å². The largest absolute Gasteiger partial charge is 0.369 e. The van der Waals surface area contributed by atoms with Crippen LogP contribution in [-0.2, 0) is 4.79 Å². The number of nitrogens with one attached hydrogen (secondary N) is 2. The Kier molecular flexibility index (Phi) is 4.06. The zero-order valence-corrected chi connectivity index (χ0v) is 10.3. The first-order chi connectivity index (χ1) is 8.81. The maximum Gasteiger partial charge on any atom is 0.207 e. The minimum atomic E-state index is 0.665. The van der Waals surface area contributed by atoms with Crippen molar-refractivity contribution in [1.29, 1.82) is 0 Å². The molecule has 18 heavy (non-hydrogen) atoms. The highest BCUT2D eigenvalue weighted by Gasteiger charge is 2.02. The van der Waals surface area contributed by atoms with Crippen LogP contribution in [0.3, 0.4) is 0 Å². The molecule has 1 heterocycles. The van der Waals surface area contributed by atoms with Crippen molar-refractivity contribution in [3.63, 3.8) is 0 Å². The average molecular weight is 244 g/mol. The molecular formula is C13H16N4O. The van der Waals surface area contributed by atoms with Gasteiger partial charge in [-0.3, -0.25) is 4.79 Å². The van der Waals surface area contributed by atoms with Gasteiger partial charge in [0.05, 0.1) is 5.52 Å². The lowest BCUT2D eigenvalue weighted by atomic mass is 10.1. The normalized spacial score (nSPS) is 10.3. The van der Waals surface area contributed by atoms with Crippen molar-refractivity contribution in [3.8, 4) is 0 Å². The first-order valence-electron chi connectivity index (χ1n) is 5.93. The van der Waals surface area contributed by atoms with Crippen molar-refractivity contribution in [3.05, 3.63) is 30.1 Å². The maximum atomic E-state index is 10.1. The monoisotopic (exact) mass is 244 g/mol. The number of rotatable bonds is 6. The Morgan fingerprint density at radius 3 is 3.00 bits per heavy atom. The van der Waals surface area contributed by atoms with Crippen LogP contribution < -0.4 is 10.6 Å². The third-order valence-electron chi connectivity index (χ3n) is 2.66. The Morgan fingerprint density at radius 1 is 1.28 bits per heavy atom. The van der Waals surface area contributed by atoms with Crippen LogP contribution in [0.4, 0.5) is 5.82 Å². The van der Waals surface area contributed by atoms with Crippen LogP contribution in [0.25, 0.3) is 10.9 Å². The van der Waals surface area contributed by atoms with E-state index in [0.29, 0.717) is 13.0 Å².